The molecular weight excluding hydrogens is 291 g/mol. The molecule has 0 aromatic carbocycles. The van der Waals surface area contributed by atoms with Crippen LogP contribution < -0.4 is 16.0 Å². The highest BCUT2D eigenvalue weighted by molar-refractivity contribution is 7.18. The van der Waals surface area contributed by atoms with Crippen molar-refractivity contribution in [2.45, 2.75) is 12.6 Å². The SMILES string of the molecule is C=CCNC(=O)c1sc(N(C)CCC(F)(F)F)cc1N. The number of halogens is 3. The quantitative estimate of drug-likeness (QED) is 0.794. The maximum atomic E-state index is 12.2. The highest BCUT2D eigenvalue weighted by atomic mass is 32.1. The van der Waals surface area contributed by atoms with Crippen molar-refractivity contribution in [1.82, 2.24) is 5.32 Å². The minimum Gasteiger partial charge on any atom is -0.397 e. The van der Waals surface area contributed by atoms with E-state index in [2.05, 4.69) is 11.9 Å². The van der Waals surface area contributed by atoms with E-state index in [1.54, 1.807) is 0 Å². The van der Waals surface area contributed by atoms with Crippen LogP contribution in [0.3, 0.4) is 0 Å². The van der Waals surface area contributed by atoms with Gasteiger partial charge in [0, 0.05) is 20.1 Å². The Morgan fingerprint density at radius 3 is 2.80 bits per heavy atom. The van der Waals surface area contributed by atoms with E-state index in [0.717, 1.165) is 11.3 Å². The molecule has 0 bridgehead atoms. The zero-order valence-corrected chi connectivity index (χ0v) is 11.8. The van der Waals surface area contributed by atoms with Gasteiger partial charge in [-0.3, -0.25) is 4.79 Å². The van der Waals surface area contributed by atoms with Gasteiger partial charge in [-0.25, -0.2) is 0 Å². The Hall–Kier alpha value is -1.70. The van der Waals surface area contributed by atoms with Gasteiger partial charge in [-0.15, -0.1) is 17.9 Å². The molecule has 1 heterocycles. The lowest BCUT2D eigenvalue weighted by atomic mass is 10.3. The van der Waals surface area contributed by atoms with Gasteiger partial charge in [0.05, 0.1) is 17.1 Å². The number of carbonyl (C=O) groups excluding carboxylic acids is 1. The lowest BCUT2D eigenvalue weighted by Crippen LogP contribution is -2.23. The van der Waals surface area contributed by atoms with Crippen LogP contribution in [0.4, 0.5) is 23.9 Å². The Bertz CT molecular complexity index is 485. The van der Waals surface area contributed by atoms with E-state index in [1.807, 2.05) is 0 Å². The molecule has 0 fully saturated rings. The van der Waals surface area contributed by atoms with Crippen LogP contribution in [0.15, 0.2) is 18.7 Å². The lowest BCUT2D eigenvalue weighted by Gasteiger charge is -2.17. The zero-order valence-electron chi connectivity index (χ0n) is 11.0. The number of anilines is 2. The Kier molecular flexibility index (Phi) is 5.43. The molecule has 1 rings (SSSR count). The number of nitrogens with one attached hydrogen (secondary N) is 1. The second-order valence-electron chi connectivity index (χ2n) is 4.15. The molecule has 1 aromatic rings. The number of nitrogen functional groups attached to an aromatic ring is 1. The summed E-state index contributed by atoms with van der Waals surface area (Å²) in [7, 11) is 1.53. The van der Waals surface area contributed by atoms with Gasteiger partial charge in [0.15, 0.2) is 0 Å². The summed E-state index contributed by atoms with van der Waals surface area (Å²) in [5.41, 5.74) is 5.96. The molecular formula is C12H16F3N3OS. The van der Waals surface area contributed by atoms with Gasteiger partial charge in [-0.05, 0) is 6.07 Å². The normalized spacial score (nSPS) is 11.2. The monoisotopic (exact) mass is 307 g/mol. The maximum Gasteiger partial charge on any atom is 0.390 e. The number of thiophene rings is 1. The number of amides is 1. The van der Waals surface area contributed by atoms with Gasteiger partial charge in [0.2, 0.25) is 0 Å². The average molecular weight is 307 g/mol. The molecule has 3 N–H and O–H groups in total. The van der Waals surface area contributed by atoms with Gasteiger partial charge in [-0.2, -0.15) is 13.2 Å². The largest absolute Gasteiger partial charge is 0.397 e. The first kappa shape index (κ1) is 16.4. The fourth-order valence-corrected chi connectivity index (χ4v) is 2.39. The van der Waals surface area contributed by atoms with Crippen LogP contribution >= 0.6 is 11.3 Å². The lowest BCUT2D eigenvalue weighted by molar-refractivity contribution is -0.132. The number of nitrogens with zero attached hydrogens (tertiary/aromatic N) is 1. The van der Waals surface area contributed by atoms with Crippen molar-refractivity contribution in [3.8, 4) is 0 Å². The van der Waals surface area contributed by atoms with Crippen molar-refractivity contribution in [3.63, 3.8) is 0 Å². The van der Waals surface area contributed by atoms with Crippen LogP contribution in [0.2, 0.25) is 0 Å². The molecule has 0 aliphatic rings. The molecule has 4 nitrogen and oxygen atoms in total. The Balaban J connectivity index is 2.73. The summed E-state index contributed by atoms with van der Waals surface area (Å²) < 4.78 is 36.5. The van der Waals surface area contributed by atoms with Crippen LogP contribution in [0.1, 0.15) is 16.1 Å². The summed E-state index contributed by atoms with van der Waals surface area (Å²) in [5, 5.41) is 3.10. The second kappa shape index (κ2) is 6.65. The van der Waals surface area contributed by atoms with Gasteiger partial charge in [-0.1, -0.05) is 6.08 Å². The molecule has 0 aliphatic carbocycles. The van der Waals surface area contributed by atoms with Crippen LogP contribution in [0.25, 0.3) is 0 Å². The van der Waals surface area contributed by atoms with Gasteiger partial charge >= 0.3 is 6.18 Å². The number of hydrogen-bond acceptors (Lipinski definition) is 4. The van der Waals surface area contributed by atoms with E-state index in [0.29, 0.717) is 16.4 Å². The molecule has 20 heavy (non-hydrogen) atoms. The summed E-state index contributed by atoms with van der Waals surface area (Å²) in [6.07, 6.45) is -3.60. The molecule has 112 valence electrons. The average Bonchev–Trinajstić information content (AvgIpc) is 2.74. The fourth-order valence-electron chi connectivity index (χ4n) is 1.41. The first-order valence-corrected chi connectivity index (χ1v) is 6.62. The van der Waals surface area contributed by atoms with Crippen molar-refractivity contribution in [3.05, 3.63) is 23.6 Å². The number of rotatable bonds is 6. The van der Waals surface area contributed by atoms with E-state index >= 15 is 0 Å². The predicted octanol–water partition coefficient (Wildman–Crippen LogP) is 2.63. The van der Waals surface area contributed by atoms with Crippen LogP contribution in [-0.4, -0.2) is 32.2 Å². The van der Waals surface area contributed by atoms with Crippen molar-refractivity contribution in [2.75, 3.05) is 30.8 Å². The molecule has 0 saturated carbocycles. The minimum atomic E-state index is -4.21. The predicted molar refractivity (Wildman–Crippen MR) is 75.2 cm³/mol. The van der Waals surface area contributed by atoms with Gasteiger partial charge < -0.3 is 16.0 Å². The van der Waals surface area contributed by atoms with E-state index < -0.39 is 12.6 Å². The topological polar surface area (TPSA) is 58.4 Å². The first-order chi connectivity index (χ1) is 9.24. The van der Waals surface area contributed by atoms with Crippen molar-refractivity contribution in [2.24, 2.45) is 0 Å². The van der Waals surface area contributed by atoms with E-state index in [4.69, 9.17) is 5.73 Å². The molecule has 8 heteroatoms. The molecule has 0 saturated heterocycles. The molecule has 0 spiro atoms. The third kappa shape index (κ3) is 4.76. The zero-order chi connectivity index (χ0) is 15.3. The summed E-state index contributed by atoms with van der Waals surface area (Å²) in [6.45, 7) is 3.59. The molecule has 1 amide bonds. The molecule has 0 aliphatic heterocycles. The molecule has 0 unspecified atom stereocenters. The number of hydrogen-bond donors (Lipinski definition) is 2. The number of nitrogens with two attached hydrogens (primary N) is 1. The minimum absolute atomic E-state index is 0.183. The van der Waals surface area contributed by atoms with Crippen LogP contribution in [0, 0.1) is 0 Å². The van der Waals surface area contributed by atoms with Crippen LogP contribution in [0.5, 0.6) is 0 Å². The van der Waals surface area contributed by atoms with E-state index in [-0.39, 0.29) is 18.1 Å². The van der Waals surface area contributed by atoms with E-state index in [1.165, 1.54) is 24.1 Å². The van der Waals surface area contributed by atoms with Gasteiger partial charge in [0.25, 0.3) is 5.91 Å². The number of alkyl halides is 3. The summed E-state index contributed by atoms with van der Waals surface area (Å²) in [6, 6.07) is 1.50. The third-order valence-corrected chi connectivity index (χ3v) is 3.73. The Labute approximate surface area is 119 Å². The highest BCUT2D eigenvalue weighted by Crippen LogP contribution is 2.32. The summed E-state index contributed by atoms with van der Waals surface area (Å²) in [4.78, 5) is 13.5. The van der Waals surface area contributed by atoms with E-state index in [9.17, 15) is 18.0 Å². The number of carbonyl (C=O) groups is 1. The van der Waals surface area contributed by atoms with Crippen molar-refractivity contribution < 1.29 is 18.0 Å². The standard InChI is InChI=1S/C12H16F3N3OS/c1-3-5-17-11(19)10-8(16)7-9(20-10)18(2)6-4-12(13,14)15/h3,7H,1,4-6,16H2,2H3,(H,17,19). The van der Waals surface area contributed by atoms with Crippen molar-refractivity contribution in [1.29, 1.82) is 0 Å². The second-order valence-corrected chi connectivity index (χ2v) is 5.19. The summed E-state index contributed by atoms with van der Waals surface area (Å²) in [5.74, 6) is -0.358. The van der Waals surface area contributed by atoms with Gasteiger partial charge in [0.1, 0.15) is 4.88 Å². The Morgan fingerprint density at radius 1 is 1.60 bits per heavy atom. The van der Waals surface area contributed by atoms with Crippen molar-refractivity contribution >= 4 is 27.9 Å². The summed E-state index contributed by atoms with van der Waals surface area (Å²) >= 11 is 1.06. The first-order valence-electron chi connectivity index (χ1n) is 5.81. The Morgan fingerprint density at radius 2 is 2.25 bits per heavy atom. The third-order valence-electron chi connectivity index (χ3n) is 2.47. The maximum absolute atomic E-state index is 12.2. The van der Waals surface area contributed by atoms with Crippen LogP contribution in [-0.2, 0) is 0 Å². The highest BCUT2D eigenvalue weighted by Gasteiger charge is 2.27. The molecule has 1 aromatic heterocycles. The molecule has 0 atom stereocenters. The smallest absolute Gasteiger partial charge is 0.390 e. The molecule has 0 radical (unpaired) electrons. The fraction of sp³-hybridized carbons (Fsp3) is 0.417.